The van der Waals surface area contributed by atoms with Gasteiger partial charge in [-0.05, 0) is 18.1 Å². The van der Waals surface area contributed by atoms with Crippen molar-refractivity contribution in [1.82, 2.24) is 19.6 Å². The highest BCUT2D eigenvalue weighted by Gasteiger charge is 2.21. The second-order valence-corrected chi connectivity index (χ2v) is 5.64. The molecule has 0 radical (unpaired) electrons. The number of nitrogens with one attached hydrogen (secondary N) is 1. The molecule has 0 saturated carbocycles. The Morgan fingerprint density at radius 3 is 2.68 bits per heavy atom. The number of carbonyl (C=O) groups is 2. The molecule has 0 aliphatic carbocycles. The van der Waals surface area contributed by atoms with Crippen LogP contribution in [0.1, 0.15) is 32.0 Å². The number of hydrogen-bond donors (Lipinski definition) is 2. The number of carboxylic acid groups (broad SMARTS) is 1. The third kappa shape index (κ3) is 3.42. The molecule has 2 N–H and O–H groups in total. The monoisotopic (exact) mass is 339 g/mol. The van der Waals surface area contributed by atoms with Gasteiger partial charge in [0.2, 0.25) is 0 Å². The summed E-state index contributed by atoms with van der Waals surface area (Å²) < 4.78 is 2.86. The van der Waals surface area contributed by atoms with Crippen molar-refractivity contribution in [3.63, 3.8) is 0 Å². The fraction of sp³-hybridized carbons (Fsp3) is 0.176. The highest BCUT2D eigenvalue weighted by atomic mass is 16.4. The van der Waals surface area contributed by atoms with Crippen LogP contribution in [-0.2, 0) is 13.6 Å². The zero-order chi connectivity index (χ0) is 18.0. The molecule has 0 aliphatic rings. The van der Waals surface area contributed by atoms with E-state index >= 15 is 0 Å². The van der Waals surface area contributed by atoms with Crippen LogP contribution in [0, 0.1) is 6.92 Å². The van der Waals surface area contributed by atoms with Crippen molar-refractivity contribution < 1.29 is 14.7 Å². The third-order valence-corrected chi connectivity index (χ3v) is 3.87. The molecule has 0 unspecified atom stereocenters. The zero-order valence-electron chi connectivity index (χ0n) is 13.8. The molecule has 8 heteroatoms. The maximum absolute atomic E-state index is 12.3. The number of carboxylic acids is 1. The predicted molar refractivity (Wildman–Crippen MR) is 90.6 cm³/mol. The Balaban J connectivity index is 1.75. The average molecular weight is 339 g/mol. The van der Waals surface area contributed by atoms with E-state index in [4.69, 9.17) is 0 Å². The summed E-state index contributed by atoms with van der Waals surface area (Å²) in [6.45, 7) is 2.60. The van der Waals surface area contributed by atoms with Gasteiger partial charge in [0.25, 0.3) is 5.91 Å². The van der Waals surface area contributed by atoms with E-state index in [9.17, 15) is 14.7 Å². The van der Waals surface area contributed by atoms with Gasteiger partial charge in [-0.3, -0.25) is 14.2 Å². The van der Waals surface area contributed by atoms with Gasteiger partial charge in [0, 0.05) is 13.2 Å². The van der Waals surface area contributed by atoms with Crippen molar-refractivity contribution in [2.75, 3.05) is 5.32 Å². The van der Waals surface area contributed by atoms with Gasteiger partial charge < -0.3 is 10.4 Å². The number of nitrogens with zero attached hydrogens (tertiary/aromatic N) is 4. The Bertz CT molecular complexity index is 941. The number of aromatic nitrogens is 4. The highest BCUT2D eigenvalue weighted by Crippen LogP contribution is 2.14. The quantitative estimate of drug-likeness (QED) is 0.739. The summed E-state index contributed by atoms with van der Waals surface area (Å²) in [5.74, 6) is -1.75. The lowest BCUT2D eigenvalue weighted by atomic mass is 10.1. The van der Waals surface area contributed by atoms with Crippen molar-refractivity contribution in [2.45, 2.75) is 13.5 Å². The van der Waals surface area contributed by atoms with E-state index in [2.05, 4.69) is 15.5 Å². The Morgan fingerprint density at radius 1 is 1.20 bits per heavy atom. The van der Waals surface area contributed by atoms with E-state index in [1.807, 2.05) is 31.2 Å². The molecule has 0 aliphatic heterocycles. The minimum Gasteiger partial charge on any atom is -0.477 e. The molecular weight excluding hydrogens is 322 g/mol. The topological polar surface area (TPSA) is 102 Å². The summed E-state index contributed by atoms with van der Waals surface area (Å²) in [5, 5.41) is 19.9. The lowest BCUT2D eigenvalue weighted by Gasteiger charge is -2.05. The molecule has 128 valence electrons. The normalized spacial score (nSPS) is 10.6. The van der Waals surface area contributed by atoms with Crippen LogP contribution in [0.15, 0.2) is 42.9 Å². The molecule has 1 amide bonds. The molecule has 0 atom stereocenters. The maximum atomic E-state index is 12.3. The van der Waals surface area contributed by atoms with E-state index in [1.54, 1.807) is 10.9 Å². The predicted octanol–water partition coefficient (Wildman–Crippen LogP) is 1.92. The second kappa shape index (κ2) is 6.60. The molecule has 0 bridgehead atoms. The zero-order valence-corrected chi connectivity index (χ0v) is 13.8. The Hall–Kier alpha value is -3.42. The number of benzene rings is 1. The number of rotatable bonds is 5. The first-order valence-electron chi connectivity index (χ1n) is 7.59. The van der Waals surface area contributed by atoms with Crippen molar-refractivity contribution in [3.05, 3.63) is 65.2 Å². The van der Waals surface area contributed by atoms with Crippen LogP contribution in [0.3, 0.4) is 0 Å². The molecule has 2 aromatic heterocycles. The van der Waals surface area contributed by atoms with Crippen LogP contribution in [0.25, 0.3) is 0 Å². The first-order chi connectivity index (χ1) is 12.0. The van der Waals surface area contributed by atoms with Crippen LogP contribution < -0.4 is 5.32 Å². The van der Waals surface area contributed by atoms with Crippen LogP contribution in [-0.4, -0.2) is 36.5 Å². The third-order valence-electron chi connectivity index (χ3n) is 3.87. The molecule has 0 saturated heterocycles. The largest absolute Gasteiger partial charge is 0.477 e. The number of amides is 1. The standard InChI is InChI=1S/C17H17N5O3/c1-11-5-3-4-6-12(11)9-22-10-13(7-19-22)20-16(23)14-8-18-21(2)15(14)17(24)25/h3-8,10H,9H2,1-2H3,(H,20,23)(H,24,25). The maximum Gasteiger partial charge on any atom is 0.354 e. The van der Waals surface area contributed by atoms with E-state index < -0.39 is 11.9 Å². The summed E-state index contributed by atoms with van der Waals surface area (Å²) >= 11 is 0. The van der Waals surface area contributed by atoms with Crippen LogP contribution >= 0.6 is 0 Å². The van der Waals surface area contributed by atoms with Gasteiger partial charge in [-0.25, -0.2) is 4.79 Å². The van der Waals surface area contributed by atoms with Gasteiger partial charge in [-0.15, -0.1) is 0 Å². The van der Waals surface area contributed by atoms with Gasteiger partial charge in [-0.2, -0.15) is 10.2 Å². The number of carbonyl (C=O) groups excluding carboxylic acids is 1. The summed E-state index contributed by atoms with van der Waals surface area (Å²) in [6, 6.07) is 7.98. The van der Waals surface area contributed by atoms with Crippen molar-refractivity contribution >= 4 is 17.6 Å². The molecular formula is C17H17N5O3. The van der Waals surface area contributed by atoms with Gasteiger partial charge in [0.05, 0.1) is 30.2 Å². The molecule has 0 fully saturated rings. The number of aromatic carboxylic acids is 1. The number of aryl methyl sites for hydroxylation is 2. The average Bonchev–Trinajstić information content (AvgIpc) is 3.16. The lowest BCUT2D eigenvalue weighted by Crippen LogP contribution is -2.16. The summed E-state index contributed by atoms with van der Waals surface area (Å²) in [5.41, 5.74) is 2.61. The molecule has 25 heavy (non-hydrogen) atoms. The van der Waals surface area contributed by atoms with Crippen LogP contribution in [0.4, 0.5) is 5.69 Å². The molecule has 0 spiro atoms. The summed E-state index contributed by atoms with van der Waals surface area (Å²) in [4.78, 5) is 23.6. The Morgan fingerprint density at radius 2 is 1.96 bits per heavy atom. The fourth-order valence-corrected chi connectivity index (χ4v) is 2.53. The smallest absolute Gasteiger partial charge is 0.354 e. The van der Waals surface area contributed by atoms with Crippen molar-refractivity contribution in [1.29, 1.82) is 0 Å². The second-order valence-electron chi connectivity index (χ2n) is 5.64. The first-order valence-corrected chi connectivity index (χ1v) is 7.59. The highest BCUT2D eigenvalue weighted by molar-refractivity contribution is 6.09. The van der Waals surface area contributed by atoms with Gasteiger partial charge >= 0.3 is 5.97 Å². The van der Waals surface area contributed by atoms with E-state index in [0.29, 0.717) is 12.2 Å². The Labute approximate surface area is 143 Å². The lowest BCUT2D eigenvalue weighted by molar-refractivity contribution is 0.0680. The summed E-state index contributed by atoms with van der Waals surface area (Å²) in [7, 11) is 1.47. The van der Waals surface area contributed by atoms with Crippen LogP contribution in [0.5, 0.6) is 0 Å². The first kappa shape index (κ1) is 16.4. The fourth-order valence-electron chi connectivity index (χ4n) is 2.53. The minimum atomic E-state index is -1.21. The number of hydrogen-bond acceptors (Lipinski definition) is 4. The molecule has 1 aromatic carbocycles. The van der Waals surface area contributed by atoms with Crippen LogP contribution in [0.2, 0.25) is 0 Å². The SMILES string of the molecule is Cc1ccccc1Cn1cc(NC(=O)c2cnn(C)c2C(=O)O)cn1. The van der Waals surface area contributed by atoms with E-state index in [-0.39, 0.29) is 11.3 Å². The minimum absolute atomic E-state index is 0.00153. The van der Waals surface area contributed by atoms with Gasteiger partial charge in [0.1, 0.15) is 0 Å². The van der Waals surface area contributed by atoms with Gasteiger partial charge in [-0.1, -0.05) is 24.3 Å². The van der Waals surface area contributed by atoms with Crippen molar-refractivity contribution in [3.8, 4) is 0 Å². The number of anilines is 1. The summed E-state index contributed by atoms with van der Waals surface area (Å²) in [6.07, 6.45) is 4.45. The molecule has 2 heterocycles. The molecule has 3 rings (SSSR count). The Kier molecular flexibility index (Phi) is 4.34. The molecule has 3 aromatic rings. The van der Waals surface area contributed by atoms with Crippen molar-refractivity contribution in [2.24, 2.45) is 7.05 Å². The van der Waals surface area contributed by atoms with E-state index in [1.165, 1.54) is 19.4 Å². The van der Waals surface area contributed by atoms with Gasteiger partial charge in [0.15, 0.2) is 5.69 Å². The van der Waals surface area contributed by atoms with E-state index in [0.717, 1.165) is 15.8 Å². The molecule has 8 nitrogen and oxygen atoms in total.